The van der Waals surface area contributed by atoms with Crippen LogP contribution in [0, 0.1) is 0 Å². The minimum atomic E-state index is -0.912. The van der Waals surface area contributed by atoms with Crippen molar-refractivity contribution in [3.8, 4) is 11.3 Å². The number of aliphatic carboxylic acids is 1. The Bertz CT molecular complexity index is 802. The summed E-state index contributed by atoms with van der Waals surface area (Å²) >= 11 is 1.49. The van der Waals surface area contributed by atoms with E-state index in [1.807, 2.05) is 18.2 Å². The van der Waals surface area contributed by atoms with Gasteiger partial charge in [0.25, 0.3) is 0 Å². The number of aromatic nitrogens is 1. The fraction of sp³-hybridized carbons (Fsp3) is 0.312. The summed E-state index contributed by atoms with van der Waals surface area (Å²) in [5.74, 6) is -1.13. The van der Waals surface area contributed by atoms with Gasteiger partial charge in [0.15, 0.2) is 5.13 Å². The second-order valence-corrected chi connectivity index (χ2v) is 6.89. The molecule has 2 atom stereocenters. The van der Waals surface area contributed by atoms with Crippen LogP contribution in [0.3, 0.4) is 0 Å². The second kappa shape index (κ2) is 5.43. The summed E-state index contributed by atoms with van der Waals surface area (Å²) in [6.45, 7) is 0. The zero-order valence-electron chi connectivity index (χ0n) is 12.2. The van der Waals surface area contributed by atoms with Gasteiger partial charge in [-0.05, 0) is 18.4 Å². The van der Waals surface area contributed by atoms with Crippen LogP contribution in [0.25, 0.3) is 11.3 Å². The fourth-order valence-corrected chi connectivity index (χ4v) is 4.15. The standard InChI is InChI=1S/C16H15N3O3S/c20-14(10-5-6-11(17-10)15(21)22)19-16-18-13-9-4-2-1-3-8(9)7-12(13)23-16/h1-4,10-11,17H,5-7H2,(H,21,22)(H,18,19,20)/t10-,11+/m1/s1. The Hall–Kier alpha value is -2.25. The average molecular weight is 329 g/mol. The molecule has 4 rings (SSSR count). The first kappa shape index (κ1) is 14.3. The van der Waals surface area contributed by atoms with Gasteiger partial charge in [0.2, 0.25) is 5.91 Å². The van der Waals surface area contributed by atoms with Gasteiger partial charge in [-0.3, -0.25) is 14.9 Å². The van der Waals surface area contributed by atoms with Gasteiger partial charge in [-0.25, -0.2) is 4.98 Å². The Morgan fingerprint density at radius 1 is 1.26 bits per heavy atom. The first-order valence-electron chi connectivity index (χ1n) is 7.49. The lowest BCUT2D eigenvalue weighted by atomic mass is 10.1. The molecule has 7 heteroatoms. The Labute approximate surface area is 136 Å². The van der Waals surface area contributed by atoms with Crippen LogP contribution in [0.4, 0.5) is 5.13 Å². The van der Waals surface area contributed by atoms with E-state index in [0.29, 0.717) is 18.0 Å². The molecule has 1 aromatic heterocycles. The number of thiazole rings is 1. The van der Waals surface area contributed by atoms with E-state index in [1.54, 1.807) is 0 Å². The molecule has 0 saturated carbocycles. The van der Waals surface area contributed by atoms with Crippen LogP contribution in [0.1, 0.15) is 23.3 Å². The topological polar surface area (TPSA) is 91.3 Å². The third-order valence-corrected chi connectivity index (χ3v) is 5.28. The van der Waals surface area contributed by atoms with Gasteiger partial charge in [-0.2, -0.15) is 0 Å². The van der Waals surface area contributed by atoms with Gasteiger partial charge >= 0.3 is 5.97 Å². The highest BCUT2D eigenvalue weighted by molar-refractivity contribution is 7.16. The van der Waals surface area contributed by atoms with E-state index >= 15 is 0 Å². The number of carboxylic acid groups (broad SMARTS) is 1. The summed E-state index contributed by atoms with van der Waals surface area (Å²) in [5.41, 5.74) is 3.34. The molecule has 0 bridgehead atoms. The number of carbonyl (C=O) groups excluding carboxylic acids is 1. The molecule has 1 fully saturated rings. The molecule has 1 aromatic carbocycles. The number of carboxylic acids is 1. The van der Waals surface area contributed by atoms with Crippen LogP contribution in [0.5, 0.6) is 0 Å². The first-order chi connectivity index (χ1) is 11.1. The molecule has 6 nitrogen and oxygen atoms in total. The predicted molar refractivity (Wildman–Crippen MR) is 86.6 cm³/mol. The summed E-state index contributed by atoms with van der Waals surface area (Å²) < 4.78 is 0. The fourth-order valence-electron chi connectivity index (χ4n) is 3.15. The van der Waals surface area contributed by atoms with Crippen molar-refractivity contribution in [2.45, 2.75) is 31.3 Å². The lowest BCUT2D eigenvalue weighted by Gasteiger charge is -2.10. The van der Waals surface area contributed by atoms with E-state index in [9.17, 15) is 9.59 Å². The van der Waals surface area contributed by atoms with Crippen molar-refractivity contribution < 1.29 is 14.7 Å². The molecule has 1 amide bonds. The molecular weight excluding hydrogens is 314 g/mol. The highest BCUT2D eigenvalue weighted by atomic mass is 32.1. The zero-order chi connectivity index (χ0) is 16.0. The van der Waals surface area contributed by atoms with E-state index in [1.165, 1.54) is 16.9 Å². The number of carbonyl (C=O) groups is 2. The van der Waals surface area contributed by atoms with Crippen molar-refractivity contribution in [2.75, 3.05) is 5.32 Å². The van der Waals surface area contributed by atoms with Gasteiger partial charge in [-0.15, -0.1) is 11.3 Å². The molecule has 2 aromatic rings. The summed E-state index contributed by atoms with van der Waals surface area (Å²) in [6, 6.07) is 7.03. The first-order valence-corrected chi connectivity index (χ1v) is 8.31. The number of hydrogen-bond acceptors (Lipinski definition) is 5. The molecule has 118 valence electrons. The van der Waals surface area contributed by atoms with Crippen molar-refractivity contribution in [2.24, 2.45) is 0 Å². The van der Waals surface area contributed by atoms with Gasteiger partial charge in [-0.1, -0.05) is 24.3 Å². The molecule has 2 aliphatic rings. The predicted octanol–water partition coefficient (Wildman–Crippen LogP) is 1.86. The average Bonchev–Trinajstić information content (AvgIpc) is 3.20. The normalized spacial score (nSPS) is 21.7. The number of rotatable bonds is 3. The maximum atomic E-state index is 12.3. The van der Waals surface area contributed by atoms with Crippen molar-refractivity contribution in [3.63, 3.8) is 0 Å². The number of nitrogens with one attached hydrogen (secondary N) is 2. The lowest BCUT2D eigenvalue weighted by molar-refractivity contribution is -0.139. The summed E-state index contributed by atoms with van der Waals surface area (Å²) in [5, 5.41) is 15.2. The van der Waals surface area contributed by atoms with Crippen LogP contribution < -0.4 is 10.6 Å². The third kappa shape index (κ3) is 2.51. The SMILES string of the molecule is O=C(O)[C@@H]1CC[C@H](C(=O)Nc2nc3c(s2)Cc2ccccc2-3)N1. The number of nitrogens with zero attached hydrogens (tertiary/aromatic N) is 1. The Balaban J connectivity index is 1.48. The van der Waals surface area contributed by atoms with Gasteiger partial charge in [0.05, 0.1) is 11.7 Å². The number of benzene rings is 1. The van der Waals surface area contributed by atoms with Crippen LogP contribution in [0.15, 0.2) is 24.3 Å². The molecule has 2 heterocycles. The molecule has 0 unspecified atom stereocenters. The number of fused-ring (bicyclic) bond motifs is 3. The molecular formula is C16H15N3O3S. The molecule has 0 spiro atoms. The van der Waals surface area contributed by atoms with Crippen LogP contribution in [-0.4, -0.2) is 34.1 Å². The number of anilines is 1. The lowest BCUT2D eigenvalue weighted by Crippen LogP contribution is -2.41. The maximum Gasteiger partial charge on any atom is 0.320 e. The minimum Gasteiger partial charge on any atom is -0.480 e. The van der Waals surface area contributed by atoms with Gasteiger partial charge in [0, 0.05) is 16.9 Å². The van der Waals surface area contributed by atoms with E-state index in [2.05, 4.69) is 21.7 Å². The molecule has 1 aliphatic heterocycles. The molecule has 1 aliphatic carbocycles. The van der Waals surface area contributed by atoms with Crippen molar-refractivity contribution >= 4 is 28.3 Å². The van der Waals surface area contributed by atoms with Crippen LogP contribution in [-0.2, 0) is 16.0 Å². The van der Waals surface area contributed by atoms with Gasteiger partial charge < -0.3 is 10.4 Å². The number of hydrogen-bond donors (Lipinski definition) is 3. The monoisotopic (exact) mass is 329 g/mol. The van der Waals surface area contributed by atoms with Crippen LogP contribution in [0.2, 0.25) is 0 Å². The highest BCUT2D eigenvalue weighted by Crippen LogP contribution is 2.40. The number of amides is 1. The van der Waals surface area contributed by atoms with Crippen molar-refractivity contribution in [1.82, 2.24) is 10.3 Å². The highest BCUT2D eigenvalue weighted by Gasteiger charge is 2.33. The van der Waals surface area contributed by atoms with E-state index in [0.717, 1.165) is 22.6 Å². The Morgan fingerprint density at radius 2 is 2.04 bits per heavy atom. The van der Waals surface area contributed by atoms with Crippen LogP contribution >= 0.6 is 11.3 Å². The molecule has 3 N–H and O–H groups in total. The summed E-state index contributed by atoms with van der Waals surface area (Å²) in [7, 11) is 0. The molecule has 23 heavy (non-hydrogen) atoms. The largest absolute Gasteiger partial charge is 0.480 e. The zero-order valence-corrected chi connectivity index (χ0v) is 13.0. The Kier molecular flexibility index (Phi) is 3.39. The summed E-state index contributed by atoms with van der Waals surface area (Å²) in [4.78, 5) is 28.9. The third-order valence-electron chi connectivity index (χ3n) is 4.31. The molecule has 0 radical (unpaired) electrons. The molecule has 1 saturated heterocycles. The maximum absolute atomic E-state index is 12.3. The smallest absolute Gasteiger partial charge is 0.320 e. The van der Waals surface area contributed by atoms with E-state index in [-0.39, 0.29) is 5.91 Å². The summed E-state index contributed by atoms with van der Waals surface area (Å²) in [6.07, 6.45) is 1.84. The second-order valence-electron chi connectivity index (χ2n) is 5.80. The Morgan fingerprint density at radius 3 is 2.83 bits per heavy atom. The van der Waals surface area contributed by atoms with Crippen molar-refractivity contribution in [3.05, 3.63) is 34.7 Å². The van der Waals surface area contributed by atoms with Crippen molar-refractivity contribution in [1.29, 1.82) is 0 Å². The van der Waals surface area contributed by atoms with E-state index in [4.69, 9.17) is 5.11 Å². The minimum absolute atomic E-state index is 0.213. The van der Waals surface area contributed by atoms with Gasteiger partial charge in [0.1, 0.15) is 6.04 Å². The van der Waals surface area contributed by atoms with E-state index < -0.39 is 18.1 Å². The quantitative estimate of drug-likeness (QED) is 0.682.